The number of benzene rings is 5. The van der Waals surface area contributed by atoms with Gasteiger partial charge in [0.25, 0.3) is 0 Å². The van der Waals surface area contributed by atoms with Crippen molar-refractivity contribution < 1.29 is 0 Å². The summed E-state index contributed by atoms with van der Waals surface area (Å²) in [5.74, 6) is 0.515. The molecule has 0 bridgehead atoms. The van der Waals surface area contributed by atoms with Crippen LogP contribution in [0.15, 0.2) is 132 Å². The molecule has 1 nitrogen and oxygen atoms in total. The van der Waals surface area contributed by atoms with E-state index in [2.05, 4.69) is 162 Å². The maximum absolute atomic E-state index is 3.54. The van der Waals surface area contributed by atoms with Gasteiger partial charge in [-0.05, 0) is 82.3 Å². The fourth-order valence-electron chi connectivity index (χ4n) is 4.37. The van der Waals surface area contributed by atoms with Gasteiger partial charge in [0.1, 0.15) is 0 Å². The van der Waals surface area contributed by atoms with Crippen LogP contribution in [-0.2, 0) is 0 Å². The lowest BCUT2D eigenvalue weighted by atomic mass is 9.97. The zero-order valence-corrected chi connectivity index (χ0v) is 21.6. The first-order valence-corrected chi connectivity index (χ1v) is 12.8. The minimum atomic E-state index is 0.515. The van der Waals surface area contributed by atoms with E-state index in [4.69, 9.17) is 0 Å². The van der Waals surface area contributed by atoms with Crippen molar-refractivity contribution in [3.05, 3.63) is 137 Å². The predicted molar refractivity (Wildman–Crippen MR) is 154 cm³/mol. The Labute approximate surface area is 216 Å². The van der Waals surface area contributed by atoms with E-state index in [0.29, 0.717) is 5.92 Å². The minimum Gasteiger partial charge on any atom is -0.310 e. The molecule has 0 aliphatic heterocycles. The summed E-state index contributed by atoms with van der Waals surface area (Å²) in [6, 6.07) is 45.5. The second kappa shape index (κ2) is 10.3. The van der Waals surface area contributed by atoms with Crippen molar-refractivity contribution >= 4 is 33.0 Å². The molecular weight excluding hydrogens is 490 g/mol. The van der Waals surface area contributed by atoms with Gasteiger partial charge in [-0.1, -0.05) is 109 Å². The van der Waals surface area contributed by atoms with Gasteiger partial charge >= 0.3 is 0 Å². The summed E-state index contributed by atoms with van der Waals surface area (Å²) >= 11 is 3.54. The Kier molecular flexibility index (Phi) is 6.83. The highest BCUT2D eigenvalue weighted by atomic mass is 79.9. The van der Waals surface area contributed by atoms with Gasteiger partial charge in [-0.15, -0.1) is 0 Å². The molecule has 5 aromatic rings. The fraction of sp³-hybridized carbons (Fsp3) is 0.0909. The number of hydrogen-bond acceptors (Lipinski definition) is 1. The molecule has 0 radical (unpaired) electrons. The summed E-state index contributed by atoms with van der Waals surface area (Å²) in [6.45, 7) is 4.48. The summed E-state index contributed by atoms with van der Waals surface area (Å²) in [7, 11) is 0. The van der Waals surface area contributed by atoms with Gasteiger partial charge in [-0.2, -0.15) is 0 Å². The largest absolute Gasteiger partial charge is 0.310 e. The van der Waals surface area contributed by atoms with E-state index in [0.717, 1.165) is 21.5 Å². The number of rotatable bonds is 6. The van der Waals surface area contributed by atoms with E-state index in [1.165, 1.54) is 27.8 Å². The molecular formula is C33H28BrN. The van der Waals surface area contributed by atoms with Crippen molar-refractivity contribution in [1.29, 1.82) is 0 Å². The zero-order valence-electron chi connectivity index (χ0n) is 20.0. The average molecular weight is 518 g/mol. The number of para-hydroxylation sites is 1. The Morgan fingerprint density at radius 2 is 1.03 bits per heavy atom. The van der Waals surface area contributed by atoms with Crippen LogP contribution < -0.4 is 4.90 Å². The molecule has 35 heavy (non-hydrogen) atoms. The van der Waals surface area contributed by atoms with Crippen LogP contribution in [0.25, 0.3) is 22.3 Å². The Hall–Kier alpha value is -3.62. The first-order valence-electron chi connectivity index (χ1n) is 12.0. The molecule has 0 saturated carbocycles. The second-order valence-electron chi connectivity index (χ2n) is 9.06. The molecule has 0 fully saturated rings. The number of hydrogen-bond donors (Lipinski definition) is 0. The first-order chi connectivity index (χ1) is 17.1. The van der Waals surface area contributed by atoms with E-state index in [1.54, 1.807) is 0 Å². The molecule has 0 aliphatic carbocycles. The van der Waals surface area contributed by atoms with Crippen molar-refractivity contribution in [2.45, 2.75) is 19.8 Å². The summed E-state index contributed by atoms with van der Waals surface area (Å²) in [4.78, 5) is 2.32. The smallest absolute Gasteiger partial charge is 0.0467 e. The third-order valence-corrected chi connectivity index (χ3v) is 6.84. The molecule has 0 aromatic heterocycles. The Balaban J connectivity index is 1.54. The Morgan fingerprint density at radius 1 is 0.486 bits per heavy atom. The monoisotopic (exact) mass is 517 g/mol. The summed E-state index contributed by atoms with van der Waals surface area (Å²) in [5, 5.41) is 0. The molecule has 2 heteroatoms. The van der Waals surface area contributed by atoms with Crippen LogP contribution in [0.5, 0.6) is 0 Å². The van der Waals surface area contributed by atoms with Crippen LogP contribution in [0.1, 0.15) is 25.3 Å². The normalized spacial score (nSPS) is 11.0. The highest BCUT2D eigenvalue weighted by Crippen LogP contribution is 2.37. The minimum absolute atomic E-state index is 0.515. The maximum Gasteiger partial charge on any atom is 0.0467 e. The Morgan fingerprint density at radius 3 is 1.69 bits per heavy atom. The number of anilines is 3. The van der Waals surface area contributed by atoms with Gasteiger partial charge in [0, 0.05) is 21.5 Å². The van der Waals surface area contributed by atoms with Crippen molar-refractivity contribution in [1.82, 2.24) is 0 Å². The predicted octanol–water partition coefficient (Wildman–Crippen LogP) is 10.4. The number of halogens is 1. The molecule has 0 saturated heterocycles. The standard InChI is InChI=1S/C33H28BrN/c1-24(2)27-8-6-9-28(22-27)26-16-20-32(21-17-26)35(31-11-4-3-5-12-31)33-13-7-10-29(23-33)25-14-18-30(34)19-15-25/h3-24H,1-2H3. The molecule has 0 N–H and O–H groups in total. The molecule has 5 aromatic carbocycles. The molecule has 0 atom stereocenters. The summed E-state index contributed by atoms with van der Waals surface area (Å²) in [6.07, 6.45) is 0. The lowest BCUT2D eigenvalue weighted by molar-refractivity contribution is 0.867. The van der Waals surface area contributed by atoms with Crippen molar-refractivity contribution in [3.8, 4) is 22.3 Å². The van der Waals surface area contributed by atoms with Crippen LogP contribution in [0.4, 0.5) is 17.1 Å². The van der Waals surface area contributed by atoms with Crippen LogP contribution in [-0.4, -0.2) is 0 Å². The van der Waals surface area contributed by atoms with Crippen molar-refractivity contribution in [3.63, 3.8) is 0 Å². The van der Waals surface area contributed by atoms with Gasteiger partial charge in [0.05, 0.1) is 0 Å². The fourth-order valence-corrected chi connectivity index (χ4v) is 4.64. The summed E-state index contributed by atoms with van der Waals surface area (Å²) < 4.78 is 1.09. The molecule has 0 spiro atoms. The van der Waals surface area contributed by atoms with Crippen LogP contribution in [0.3, 0.4) is 0 Å². The Bertz CT molecular complexity index is 1400. The van der Waals surface area contributed by atoms with Crippen LogP contribution in [0.2, 0.25) is 0 Å². The topological polar surface area (TPSA) is 3.24 Å². The van der Waals surface area contributed by atoms with Gasteiger partial charge in [-0.3, -0.25) is 0 Å². The molecule has 0 unspecified atom stereocenters. The SMILES string of the molecule is CC(C)c1cccc(-c2ccc(N(c3ccccc3)c3cccc(-c4ccc(Br)cc4)c3)cc2)c1. The van der Waals surface area contributed by atoms with E-state index in [-0.39, 0.29) is 0 Å². The van der Waals surface area contributed by atoms with E-state index in [1.807, 2.05) is 0 Å². The van der Waals surface area contributed by atoms with Gasteiger partial charge in [0.2, 0.25) is 0 Å². The molecule has 172 valence electrons. The third kappa shape index (κ3) is 5.23. The second-order valence-corrected chi connectivity index (χ2v) is 9.97. The van der Waals surface area contributed by atoms with E-state index in [9.17, 15) is 0 Å². The first kappa shape index (κ1) is 23.1. The third-order valence-electron chi connectivity index (χ3n) is 6.31. The molecule has 5 rings (SSSR count). The van der Waals surface area contributed by atoms with E-state index < -0.39 is 0 Å². The average Bonchev–Trinajstić information content (AvgIpc) is 2.90. The lowest BCUT2D eigenvalue weighted by Gasteiger charge is -2.26. The molecule has 0 heterocycles. The quantitative estimate of drug-likeness (QED) is 0.216. The lowest BCUT2D eigenvalue weighted by Crippen LogP contribution is -2.09. The van der Waals surface area contributed by atoms with Gasteiger partial charge < -0.3 is 4.90 Å². The maximum atomic E-state index is 3.54. The van der Waals surface area contributed by atoms with Crippen LogP contribution >= 0.6 is 15.9 Å². The molecule has 0 aliphatic rings. The molecule has 0 amide bonds. The summed E-state index contributed by atoms with van der Waals surface area (Å²) in [5.41, 5.74) is 9.64. The van der Waals surface area contributed by atoms with E-state index >= 15 is 0 Å². The van der Waals surface area contributed by atoms with Gasteiger partial charge in [-0.25, -0.2) is 0 Å². The highest BCUT2D eigenvalue weighted by molar-refractivity contribution is 9.10. The van der Waals surface area contributed by atoms with Crippen molar-refractivity contribution in [2.75, 3.05) is 4.90 Å². The van der Waals surface area contributed by atoms with Gasteiger partial charge in [0.15, 0.2) is 0 Å². The highest BCUT2D eigenvalue weighted by Gasteiger charge is 2.13. The van der Waals surface area contributed by atoms with Crippen molar-refractivity contribution in [2.24, 2.45) is 0 Å². The van der Waals surface area contributed by atoms with Crippen LogP contribution in [0, 0.1) is 0 Å². The zero-order chi connectivity index (χ0) is 24.2. The number of nitrogens with zero attached hydrogens (tertiary/aromatic N) is 1.